The average Bonchev–Trinajstić information content (AvgIpc) is 3.99. The quantitative estimate of drug-likeness (QED) is 0.147. The molecule has 50 heavy (non-hydrogen) atoms. The first-order chi connectivity index (χ1) is 24.6. The molecule has 0 radical (unpaired) electrons. The Balaban J connectivity index is 1.50. The number of nitrogens with zero attached hydrogens (tertiary/aromatic N) is 3. The molecule has 2 aliphatic heterocycles. The van der Waals surface area contributed by atoms with Crippen LogP contribution in [0.2, 0.25) is 0 Å². The van der Waals surface area contributed by atoms with Gasteiger partial charge in [0.1, 0.15) is 0 Å². The van der Waals surface area contributed by atoms with E-state index in [1.165, 1.54) is 12.4 Å². The van der Waals surface area contributed by atoms with Crippen LogP contribution in [0.15, 0.2) is 140 Å². The second-order valence-corrected chi connectivity index (χ2v) is 12.2. The van der Waals surface area contributed by atoms with E-state index in [4.69, 9.17) is 4.98 Å². The first-order valence-electron chi connectivity index (χ1n) is 16.4. The molecule has 0 saturated heterocycles. The Hall–Kier alpha value is -6.99. The third kappa shape index (κ3) is 4.96. The van der Waals surface area contributed by atoms with Gasteiger partial charge >= 0.3 is 0 Å². The van der Waals surface area contributed by atoms with Crippen molar-refractivity contribution in [1.82, 2.24) is 15.0 Å². The van der Waals surface area contributed by atoms with Crippen molar-refractivity contribution in [3.63, 3.8) is 0 Å². The molecule has 7 aromatic rings. The topological polar surface area (TPSA) is 98.3 Å². The number of pyridine rings is 1. The SMILES string of the molecule is [O-][n+]1ccc(-c2c3nc(c(-c4ccccc4)c4ccc([nH]4)c(-c4ccccc4)c4[n+]([O-])c(c(-c5ccccc5)c5ccc2[nH]5)C=C4)C=C3)cc1. The summed E-state index contributed by atoms with van der Waals surface area (Å²) in [5, 5.41) is 26.8. The van der Waals surface area contributed by atoms with Crippen molar-refractivity contribution in [2.45, 2.75) is 0 Å². The summed E-state index contributed by atoms with van der Waals surface area (Å²) < 4.78 is 1.81. The average molecular weight is 648 g/mol. The maximum Gasteiger partial charge on any atom is 0.227 e. The van der Waals surface area contributed by atoms with Crippen LogP contribution >= 0.6 is 0 Å². The monoisotopic (exact) mass is 647 g/mol. The summed E-state index contributed by atoms with van der Waals surface area (Å²) in [6, 6.07) is 41.8. The Kier molecular flexibility index (Phi) is 6.95. The maximum atomic E-state index is 14.7. The van der Waals surface area contributed by atoms with Crippen molar-refractivity contribution in [2.24, 2.45) is 0 Å². The van der Waals surface area contributed by atoms with Crippen LogP contribution in [0.4, 0.5) is 0 Å². The normalized spacial score (nSPS) is 12.0. The highest BCUT2D eigenvalue weighted by atomic mass is 16.5. The Morgan fingerprint density at radius 2 is 0.760 bits per heavy atom. The van der Waals surface area contributed by atoms with Crippen LogP contribution < -0.4 is 9.46 Å². The molecule has 238 valence electrons. The number of aromatic amines is 2. The van der Waals surface area contributed by atoms with E-state index < -0.39 is 0 Å². The number of hydrogen-bond acceptors (Lipinski definition) is 3. The number of hydrogen-bond donors (Lipinski definition) is 2. The van der Waals surface area contributed by atoms with Gasteiger partial charge in [-0.2, -0.15) is 9.46 Å². The minimum absolute atomic E-state index is 0.519. The molecular weight excluding hydrogens is 619 g/mol. The van der Waals surface area contributed by atoms with Gasteiger partial charge in [-0.3, -0.25) is 0 Å². The molecule has 8 bridgehead atoms. The van der Waals surface area contributed by atoms with Crippen molar-refractivity contribution >= 4 is 46.4 Å². The molecule has 0 aliphatic carbocycles. The Morgan fingerprint density at radius 3 is 1.18 bits per heavy atom. The molecule has 0 atom stereocenters. The van der Waals surface area contributed by atoms with E-state index in [2.05, 4.69) is 28.2 Å². The Morgan fingerprint density at radius 1 is 0.400 bits per heavy atom. The molecule has 0 spiro atoms. The van der Waals surface area contributed by atoms with Crippen molar-refractivity contribution < 1.29 is 9.46 Å². The lowest BCUT2D eigenvalue weighted by atomic mass is 10.0. The van der Waals surface area contributed by atoms with Crippen LogP contribution in [0, 0.1) is 10.4 Å². The van der Waals surface area contributed by atoms with Gasteiger partial charge in [0.05, 0.1) is 33.5 Å². The van der Waals surface area contributed by atoms with Crippen molar-refractivity contribution in [3.8, 4) is 44.5 Å². The van der Waals surface area contributed by atoms with E-state index in [9.17, 15) is 10.4 Å². The van der Waals surface area contributed by atoms with E-state index in [-0.39, 0.29) is 0 Å². The molecule has 0 saturated carbocycles. The minimum Gasteiger partial charge on any atom is -0.619 e. The van der Waals surface area contributed by atoms with Crippen molar-refractivity contribution in [2.75, 3.05) is 0 Å². The van der Waals surface area contributed by atoms with E-state index in [0.717, 1.165) is 87.4 Å². The highest BCUT2D eigenvalue weighted by molar-refractivity contribution is 5.98. The summed E-state index contributed by atoms with van der Waals surface area (Å²) in [5.41, 5.74) is 12.8. The minimum atomic E-state index is 0.519. The predicted molar refractivity (Wildman–Crippen MR) is 201 cm³/mol. The largest absolute Gasteiger partial charge is 0.619 e. The second-order valence-electron chi connectivity index (χ2n) is 12.2. The molecule has 2 aliphatic rings. The molecule has 7 heteroatoms. The van der Waals surface area contributed by atoms with Gasteiger partial charge in [0.15, 0.2) is 12.4 Å². The van der Waals surface area contributed by atoms with E-state index in [1.807, 2.05) is 121 Å². The zero-order valence-corrected chi connectivity index (χ0v) is 26.7. The van der Waals surface area contributed by atoms with Crippen LogP contribution in [0.3, 0.4) is 0 Å². The second kappa shape index (κ2) is 11.9. The summed E-state index contributed by atoms with van der Waals surface area (Å²) >= 11 is 0. The van der Waals surface area contributed by atoms with Gasteiger partial charge < -0.3 is 20.4 Å². The van der Waals surface area contributed by atoms with Gasteiger partial charge in [-0.05, 0) is 58.7 Å². The third-order valence-electron chi connectivity index (χ3n) is 9.23. The molecule has 6 heterocycles. The van der Waals surface area contributed by atoms with E-state index in [0.29, 0.717) is 11.4 Å². The number of rotatable bonds is 4. The first-order valence-corrected chi connectivity index (χ1v) is 16.4. The molecule has 2 N–H and O–H groups in total. The molecule has 0 amide bonds. The van der Waals surface area contributed by atoms with Gasteiger partial charge in [0.25, 0.3) is 0 Å². The number of H-pyrrole nitrogens is 2. The Bertz CT molecular complexity index is 2640. The zero-order valence-electron chi connectivity index (χ0n) is 26.7. The summed E-state index contributed by atoms with van der Waals surface area (Å²) in [4.78, 5) is 12.6. The molecule has 0 fully saturated rings. The Labute approximate surface area is 287 Å². The number of nitrogens with one attached hydrogen (secondary N) is 2. The molecule has 0 unspecified atom stereocenters. The predicted octanol–water partition coefficient (Wildman–Crippen LogP) is 9.20. The lowest BCUT2D eigenvalue weighted by molar-refractivity contribution is -0.605. The van der Waals surface area contributed by atoms with Crippen molar-refractivity contribution in [3.05, 3.63) is 173 Å². The highest BCUT2D eigenvalue weighted by Crippen LogP contribution is 2.37. The number of benzene rings is 3. The zero-order chi connectivity index (χ0) is 33.6. The smallest absolute Gasteiger partial charge is 0.227 e. The lowest BCUT2D eigenvalue weighted by Crippen LogP contribution is -2.31. The summed E-state index contributed by atoms with van der Waals surface area (Å²) in [7, 11) is 0. The number of aromatic nitrogens is 5. The fourth-order valence-electron chi connectivity index (χ4n) is 6.97. The van der Waals surface area contributed by atoms with Gasteiger partial charge in [0.2, 0.25) is 11.4 Å². The fourth-order valence-corrected chi connectivity index (χ4v) is 6.97. The molecule has 3 aromatic carbocycles. The summed E-state index contributed by atoms with van der Waals surface area (Å²) in [5.74, 6) is 0. The molecule has 4 aromatic heterocycles. The van der Waals surface area contributed by atoms with Crippen LogP contribution in [-0.4, -0.2) is 15.0 Å². The van der Waals surface area contributed by atoms with Gasteiger partial charge in [0, 0.05) is 46.4 Å². The standard InChI is InChI=1S/C43H29N5O2/c49-47-26-24-31(25-27-47)41-34-17-16-32(44-34)40(28-10-4-1-5-11-28)33-18-20-36(45-33)42(29-12-6-2-7-13-29)38-22-23-39(48(38)50)43(30-14-8-3-9-15-30)37-21-19-35(41)46-37/h1-27,45-46H. The van der Waals surface area contributed by atoms with Crippen molar-refractivity contribution in [1.29, 1.82) is 0 Å². The van der Waals surface area contributed by atoms with E-state index in [1.54, 1.807) is 12.1 Å². The lowest BCUT2D eigenvalue weighted by Gasteiger charge is -2.08. The van der Waals surface area contributed by atoms with Gasteiger partial charge in [-0.15, -0.1) is 0 Å². The van der Waals surface area contributed by atoms with Gasteiger partial charge in [-0.1, -0.05) is 91.0 Å². The van der Waals surface area contributed by atoms with Crippen LogP contribution in [-0.2, 0) is 0 Å². The highest BCUT2D eigenvalue weighted by Gasteiger charge is 2.25. The summed E-state index contributed by atoms with van der Waals surface area (Å²) in [6.07, 6.45) is 10.8. The summed E-state index contributed by atoms with van der Waals surface area (Å²) in [6.45, 7) is 0. The fraction of sp³-hybridized carbons (Fsp3) is 0. The maximum absolute atomic E-state index is 14.7. The van der Waals surface area contributed by atoms with Crippen LogP contribution in [0.25, 0.3) is 90.9 Å². The van der Waals surface area contributed by atoms with E-state index >= 15 is 0 Å². The molecule has 9 rings (SSSR count). The first kappa shape index (κ1) is 29.2. The third-order valence-corrected chi connectivity index (χ3v) is 9.23. The number of fused-ring (bicyclic) bond motifs is 8. The van der Waals surface area contributed by atoms with Crippen LogP contribution in [0.5, 0.6) is 0 Å². The molecule has 7 nitrogen and oxygen atoms in total. The van der Waals surface area contributed by atoms with Gasteiger partial charge in [-0.25, -0.2) is 4.98 Å². The molecular formula is C43H29N5O2. The van der Waals surface area contributed by atoms with Crippen LogP contribution in [0.1, 0.15) is 22.8 Å².